The quantitative estimate of drug-likeness (QED) is 0.661. The first-order valence-corrected chi connectivity index (χ1v) is 7.51. The summed E-state index contributed by atoms with van der Waals surface area (Å²) >= 11 is 0. The number of amides is 1. The minimum atomic E-state index is -0.731. The highest BCUT2D eigenvalue weighted by Crippen LogP contribution is 2.30. The van der Waals surface area contributed by atoms with Gasteiger partial charge < -0.3 is 10.6 Å². The molecule has 0 saturated carbocycles. The lowest BCUT2D eigenvalue weighted by Gasteiger charge is -2.33. The fraction of sp³-hybridized carbons (Fsp3) is 0.333. The molecule has 24 heavy (non-hydrogen) atoms. The summed E-state index contributed by atoms with van der Waals surface area (Å²) in [6.45, 7) is 1.31. The van der Waals surface area contributed by atoms with E-state index in [0.29, 0.717) is 18.9 Å². The summed E-state index contributed by atoms with van der Waals surface area (Å²) in [6, 6.07) is 3.05. The van der Waals surface area contributed by atoms with E-state index in [1.54, 1.807) is 6.20 Å². The van der Waals surface area contributed by atoms with E-state index in [-0.39, 0.29) is 17.2 Å². The van der Waals surface area contributed by atoms with E-state index < -0.39 is 10.8 Å². The molecular formula is C15H16N6O3. The van der Waals surface area contributed by atoms with Crippen LogP contribution in [0.15, 0.2) is 30.9 Å². The number of nitro groups is 1. The van der Waals surface area contributed by atoms with E-state index in [0.717, 1.165) is 24.7 Å². The van der Waals surface area contributed by atoms with Crippen LogP contribution in [0.25, 0.3) is 0 Å². The molecule has 1 atom stereocenters. The lowest BCUT2D eigenvalue weighted by molar-refractivity contribution is -0.385. The van der Waals surface area contributed by atoms with Crippen LogP contribution in [0.4, 0.5) is 11.5 Å². The number of hydrogen-bond acceptors (Lipinski definition) is 7. The first kappa shape index (κ1) is 15.8. The summed E-state index contributed by atoms with van der Waals surface area (Å²) in [5.41, 5.74) is 6.12. The van der Waals surface area contributed by atoms with Gasteiger partial charge in [-0.25, -0.2) is 15.0 Å². The Morgan fingerprint density at radius 1 is 1.42 bits per heavy atom. The van der Waals surface area contributed by atoms with E-state index in [9.17, 15) is 14.9 Å². The maximum atomic E-state index is 11.7. The number of anilines is 1. The Morgan fingerprint density at radius 2 is 2.25 bits per heavy atom. The van der Waals surface area contributed by atoms with Gasteiger partial charge in [-0.15, -0.1) is 0 Å². The van der Waals surface area contributed by atoms with E-state index in [1.807, 2.05) is 11.0 Å². The molecule has 2 N–H and O–H groups in total. The third-order valence-electron chi connectivity index (χ3n) is 4.07. The van der Waals surface area contributed by atoms with Gasteiger partial charge in [0, 0.05) is 37.0 Å². The topological polar surface area (TPSA) is 128 Å². The monoisotopic (exact) mass is 328 g/mol. The molecular weight excluding hydrogens is 312 g/mol. The lowest BCUT2D eigenvalue weighted by atomic mass is 9.94. The van der Waals surface area contributed by atoms with Crippen molar-refractivity contribution in [1.29, 1.82) is 0 Å². The molecule has 1 fully saturated rings. The molecule has 124 valence electrons. The van der Waals surface area contributed by atoms with Crippen molar-refractivity contribution in [3.05, 3.63) is 52.2 Å². The highest BCUT2D eigenvalue weighted by Gasteiger charge is 2.27. The van der Waals surface area contributed by atoms with Crippen LogP contribution in [-0.4, -0.2) is 38.9 Å². The van der Waals surface area contributed by atoms with Gasteiger partial charge in [-0.2, -0.15) is 0 Å². The highest BCUT2D eigenvalue weighted by molar-refractivity contribution is 5.98. The maximum absolute atomic E-state index is 11.7. The minimum Gasteiger partial charge on any atom is -0.365 e. The molecule has 3 rings (SSSR count). The van der Waals surface area contributed by atoms with Gasteiger partial charge in [-0.3, -0.25) is 14.9 Å². The van der Waals surface area contributed by atoms with Gasteiger partial charge in [0.2, 0.25) is 0 Å². The van der Waals surface area contributed by atoms with Crippen LogP contribution in [0.2, 0.25) is 0 Å². The number of pyridine rings is 1. The fourth-order valence-corrected chi connectivity index (χ4v) is 2.93. The van der Waals surface area contributed by atoms with E-state index in [4.69, 9.17) is 5.73 Å². The second kappa shape index (κ2) is 6.57. The number of nitrogens with zero attached hydrogens (tertiary/aromatic N) is 5. The summed E-state index contributed by atoms with van der Waals surface area (Å²) in [5, 5.41) is 10.9. The molecule has 2 aromatic heterocycles. The number of rotatable bonds is 4. The van der Waals surface area contributed by atoms with Gasteiger partial charge in [0.05, 0.1) is 10.5 Å². The van der Waals surface area contributed by atoms with Gasteiger partial charge in [-0.05, 0) is 18.9 Å². The molecule has 1 amide bonds. The molecule has 1 aliphatic heterocycles. The summed E-state index contributed by atoms with van der Waals surface area (Å²) in [6.07, 6.45) is 6.21. The summed E-state index contributed by atoms with van der Waals surface area (Å²) in [5.74, 6) is -0.170. The Bertz CT molecular complexity index is 767. The fourth-order valence-electron chi connectivity index (χ4n) is 2.93. The first-order valence-electron chi connectivity index (χ1n) is 7.51. The first-order chi connectivity index (χ1) is 11.6. The normalized spacial score (nSPS) is 17.5. The van der Waals surface area contributed by atoms with Crippen LogP contribution in [0.5, 0.6) is 0 Å². The zero-order chi connectivity index (χ0) is 17.1. The van der Waals surface area contributed by atoms with Crippen molar-refractivity contribution in [2.75, 3.05) is 18.0 Å². The number of aromatic nitrogens is 3. The lowest BCUT2D eigenvalue weighted by Crippen LogP contribution is -2.36. The molecule has 9 nitrogen and oxygen atoms in total. The number of carbonyl (C=O) groups excluding carboxylic acids is 1. The van der Waals surface area contributed by atoms with Crippen molar-refractivity contribution in [1.82, 2.24) is 15.0 Å². The molecule has 0 aliphatic carbocycles. The molecule has 3 heterocycles. The Kier molecular flexibility index (Phi) is 4.32. The summed E-state index contributed by atoms with van der Waals surface area (Å²) in [4.78, 5) is 36.3. The second-order valence-electron chi connectivity index (χ2n) is 5.61. The predicted octanol–water partition coefficient (Wildman–Crippen LogP) is 1.26. The van der Waals surface area contributed by atoms with Gasteiger partial charge in [-0.1, -0.05) is 0 Å². The van der Waals surface area contributed by atoms with Crippen molar-refractivity contribution in [2.45, 2.75) is 18.8 Å². The summed E-state index contributed by atoms with van der Waals surface area (Å²) in [7, 11) is 0. The molecule has 0 aromatic carbocycles. The molecule has 0 radical (unpaired) electrons. The summed E-state index contributed by atoms with van der Waals surface area (Å²) < 4.78 is 0. The predicted molar refractivity (Wildman–Crippen MR) is 85.6 cm³/mol. The molecule has 0 bridgehead atoms. The van der Waals surface area contributed by atoms with Crippen molar-refractivity contribution < 1.29 is 9.72 Å². The third-order valence-corrected chi connectivity index (χ3v) is 4.07. The molecule has 0 unspecified atom stereocenters. The number of piperidine rings is 1. The molecule has 1 saturated heterocycles. The molecule has 0 spiro atoms. The smallest absolute Gasteiger partial charge is 0.288 e. The Balaban J connectivity index is 1.90. The van der Waals surface area contributed by atoms with Crippen LogP contribution in [0.3, 0.4) is 0 Å². The van der Waals surface area contributed by atoms with Gasteiger partial charge in [0.15, 0.2) is 0 Å². The van der Waals surface area contributed by atoms with Crippen molar-refractivity contribution in [3.8, 4) is 0 Å². The van der Waals surface area contributed by atoms with Crippen molar-refractivity contribution >= 4 is 17.4 Å². The SMILES string of the molecule is NC(=O)c1cc([N+](=O)[O-])cnc1N1CCC[C@@H](c2ccncn2)C1. The Labute approximate surface area is 137 Å². The van der Waals surface area contributed by atoms with Crippen molar-refractivity contribution in [3.63, 3.8) is 0 Å². The number of carbonyl (C=O) groups is 1. The zero-order valence-electron chi connectivity index (χ0n) is 12.8. The molecule has 9 heteroatoms. The number of primary amides is 1. The largest absolute Gasteiger partial charge is 0.365 e. The minimum absolute atomic E-state index is 0.0625. The van der Waals surface area contributed by atoms with Gasteiger partial charge in [0.1, 0.15) is 18.3 Å². The van der Waals surface area contributed by atoms with E-state index in [1.165, 1.54) is 12.4 Å². The Hall–Kier alpha value is -3.10. The van der Waals surface area contributed by atoms with E-state index >= 15 is 0 Å². The standard InChI is InChI=1S/C15H16N6O3/c16-14(22)12-6-11(21(23)24)7-18-15(12)20-5-1-2-10(8-20)13-3-4-17-9-19-13/h3-4,6-7,9-10H,1-2,5,8H2,(H2,16,22)/t10-/m1/s1. The zero-order valence-corrected chi connectivity index (χ0v) is 12.8. The van der Waals surface area contributed by atoms with Crippen LogP contribution < -0.4 is 10.6 Å². The second-order valence-corrected chi connectivity index (χ2v) is 5.61. The van der Waals surface area contributed by atoms with Crippen LogP contribution in [-0.2, 0) is 0 Å². The van der Waals surface area contributed by atoms with Crippen LogP contribution in [0, 0.1) is 10.1 Å². The van der Waals surface area contributed by atoms with Crippen LogP contribution >= 0.6 is 0 Å². The molecule has 1 aliphatic rings. The third kappa shape index (κ3) is 3.14. The average molecular weight is 328 g/mol. The van der Waals surface area contributed by atoms with Crippen LogP contribution in [0.1, 0.15) is 34.8 Å². The number of nitrogens with two attached hydrogens (primary N) is 1. The van der Waals surface area contributed by atoms with E-state index in [2.05, 4.69) is 15.0 Å². The Morgan fingerprint density at radius 3 is 2.92 bits per heavy atom. The van der Waals surface area contributed by atoms with Gasteiger partial charge >= 0.3 is 0 Å². The average Bonchev–Trinajstić information content (AvgIpc) is 2.62. The number of hydrogen-bond donors (Lipinski definition) is 1. The highest BCUT2D eigenvalue weighted by atomic mass is 16.6. The maximum Gasteiger partial charge on any atom is 0.288 e. The van der Waals surface area contributed by atoms with Crippen molar-refractivity contribution in [2.24, 2.45) is 5.73 Å². The van der Waals surface area contributed by atoms with Gasteiger partial charge in [0.25, 0.3) is 11.6 Å². The molecule has 2 aromatic rings.